The fourth-order valence-corrected chi connectivity index (χ4v) is 3.47. The molecule has 7 heteroatoms. The SMILES string of the molecule is CC(C)(C)OC(=O)N1Cc2cc(C(=O)O)cnc2C1C1CCOCC1. The van der Waals surface area contributed by atoms with Gasteiger partial charge in [0, 0.05) is 19.4 Å². The number of carboxylic acid groups (broad SMARTS) is 1. The first-order valence-electron chi connectivity index (χ1n) is 8.56. The third kappa shape index (κ3) is 3.76. The lowest BCUT2D eigenvalue weighted by molar-refractivity contribution is -0.00544. The van der Waals surface area contributed by atoms with Gasteiger partial charge in [-0.25, -0.2) is 9.59 Å². The second-order valence-corrected chi connectivity index (χ2v) is 7.58. The number of aromatic carboxylic acids is 1. The average Bonchev–Trinajstić information content (AvgIpc) is 2.92. The van der Waals surface area contributed by atoms with Gasteiger partial charge in [-0.15, -0.1) is 0 Å². The summed E-state index contributed by atoms with van der Waals surface area (Å²) in [6, 6.07) is 1.41. The van der Waals surface area contributed by atoms with E-state index in [0.29, 0.717) is 19.8 Å². The van der Waals surface area contributed by atoms with Crippen molar-refractivity contribution in [2.75, 3.05) is 13.2 Å². The van der Waals surface area contributed by atoms with Crippen LogP contribution in [0.5, 0.6) is 0 Å². The highest BCUT2D eigenvalue weighted by Gasteiger charge is 2.42. The number of carbonyl (C=O) groups excluding carboxylic acids is 1. The minimum Gasteiger partial charge on any atom is -0.478 e. The van der Waals surface area contributed by atoms with Gasteiger partial charge >= 0.3 is 12.1 Å². The minimum atomic E-state index is -1.02. The summed E-state index contributed by atoms with van der Waals surface area (Å²) >= 11 is 0. The molecular weight excluding hydrogens is 324 g/mol. The van der Waals surface area contributed by atoms with Gasteiger partial charge < -0.3 is 14.6 Å². The fourth-order valence-electron chi connectivity index (χ4n) is 3.47. The molecule has 0 bridgehead atoms. The Morgan fingerprint density at radius 2 is 2.00 bits per heavy atom. The summed E-state index contributed by atoms with van der Waals surface area (Å²) < 4.78 is 11.0. The van der Waals surface area contributed by atoms with Crippen molar-refractivity contribution in [1.82, 2.24) is 9.88 Å². The highest BCUT2D eigenvalue weighted by atomic mass is 16.6. The van der Waals surface area contributed by atoms with Crippen molar-refractivity contribution >= 4 is 12.1 Å². The summed E-state index contributed by atoms with van der Waals surface area (Å²) in [4.78, 5) is 30.0. The molecular formula is C18H24N2O5. The van der Waals surface area contributed by atoms with Crippen LogP contribution in [0.2, 0.25) is 0 Å². The molecule has 1 unspecified atom stereocenters. The first-order chi connectivity index (χ1) is 11.8. The molecule has 0 radical (unpaired) electrons. The Bertz CT molecular complexity index is 677. The van der Waals surface area contributed by atoms with E-state index in [1.807, 2.05) is 20.8 Å². The lowest BCUT2D eigenvalue weighted by Crippen LogP contribution is -2.39. The van der Waals surface area contributed by atoms with E-state index in [-0.39, 0.29) is 23.6 Å². The zero-order valence-corrected chi connectivity index (χ0v) is 14.8. The van der Waals surface area contributed by atoms with Crippen molar-refractivity contribution in [2.24, 2.45) is 5.92 Å². The Morgan fingerprint density at radius 3 is 2.60 bits per heavy atom. The molecule has 2 aliphatic heterocycles. The topological polar surface area (TPSA) is 89.0 Å². The molecule has 0 spiro atoms. The van der Waals surface area contributed by atoms with Gasteiger partial charge in [-0.05, 0) is 51.2 Å². The molecule has 1 saturated heterocycles. The molecule has 1 aromatic rings. The summed E-state index contributed by atoms with van der Waals surface area (Å²) in [6.07, 6.45) is 2.66. The Hall–Kier alpha value is -2.15. The van der Waals surface area contributed by atoms with Crippen LogP contribution in [-0.2, 0) is 16.0 Å². The van der Waals surface area contributed by atoms with E-state index in [2.05, 4.69) is 4.98 Å². The quantitative estimate of drug-likeness (QED) is 0.884. The van der Waals surface area contributed by atoms with Crippen LogP contribution in [0, 0.1) is 5.92 Å². The number of ether oxygens (including phenoxy) is 2. The number of carboxylic acids is 1. The molecule has 7 nitrogen and oxygen atoms in total. The molecule has 1 amide bonds. The maximum Gasteiger partial charge on any atom is 0.411 e. The molecule has 136 valence electrons. The number of hydrogen-bond acceptors (Lipinski definition) is 5. The zero-order valence-electron chi connectivity index (χ0n) is 14.8. The van der Waals surface area contributed by atoms with Gasteiger partial charge in [0.15, 0.2) is 0 Å². The fraction of sp³-hybridized carbons (Fsp3) is 0.611. The minimum absolute atomic E-state index is 0.135. The third-order valence-electron chi connectivity index (χ3n) is 4.55. The first-order valence-corrected chi connectivity index (χ1v) is 8.56. The van der Waals surface area contributed by atoms with E-state index < -0.39 is 11.6 Å². The lowest BCUT2D eigenvalue weighted by Gasteiger charge is -2.34. The van der Waals surface area contributed by atoms with Crippen LogP contribution in [0.1, 0.15) is 61.3 Å². The summed E-state index contributed by atoms with van der Waals surface area (Å²) in [5.74, 6) is -0.792. The van der Waals surface area contributed by atoms with Gasteiger partial charge in [-0.3, -0.25) is 9.88 Å². The maximum absolute atomic E-state index is 12.7. The summed E-state index contributed by atoms with van der Waals surface area (Å²) in [6.45, 7) is 7.13. The van der Waals surface area contributed by atoms with Crippen molar-refractivity contribution < 1.29 is 24.2 Å². The number of aromatic nitrogens is 1. The van der Waals surface area contributed by atoms with E-state index in [1.165, 1.54) is 6.20 Å². The molecule has 0 aromatic carbocycles. The molecule has 0 aliphatic carbocycles. The van der Waals surface area contributed by atoms with E-state index in [0.717, 1.165) is 24.1 Å². The van der Waals surface area contributed by atoms with E-state index in [1.54, 1.807) is 11.0 Å². The van der Waals surface area contributed by atoms with Crippen LogP contribution in [-0.4, -0.2) is 45.9 Å². The lowest BCUT2D eigenvalue weighted by atomic mass is 9.89. The number of carbonyl (C=O) groups is 2. The number of fused-ring (bicyclic) bond motifs is 1. The van der Waals surface area contributed by atoms with Gasteiger partial charge in [0.25, 0.3) is 0 Å². The average molecular weight is 348 g/mol. The van der Waals surface area contributed by atoms with Crippen molar-refractivity contribution in [3.05, 3.63) is 29.1 Å². The third-order valence-corrected chi connectivity index (χ3v) is 4.55. The largest absolute Gasteiger partial charge is 0.478 e. The monoisotopic (exact) mass is 348 g/mol. The summed E-state index contributed by atoms with van der Waals surface area (Å²) in [5, 5.41) is 9.20. The van der Waals surface area contributed by atoms with Crippen LogP contribution in [0.4, 0.5) is 4.79 Å². The molecule has 3 heterocycles. The maximum atomic E-state index is 12.7. The van der Waals surface area contributed by atoms with Gasteiger partial charge in [-0.2, -0.15) is 0 Å². The molecule has 1 atom stereocenters. The predicted molar refractivity (Wildman–Crippen MR) is 89.3 cm³/mol. The molecule has 25 heavy (non-hydrogen) atoms. The van der Waals surface area contributed by atoms with Crippen molar-refractivity contribution in [2.45, 2.75) is 51.8 Å². The standard InChI is InChI=1S/C18H24N2O5/c1-18(2,3)25-17(23)20-10-13-8-12(16(21)22)9-19-14(13)15(20)11-4-6-24-7-5-11/h8-9,11,15H,4-7,10H2,1-3H3,(H,21,22). The van der Waals surface area contributed by atoms with Crippen LogP contribution < -0.4 is 0 Å². The van der Waals surface area contributed by atoms with Gasteiger partial charge in [0.1, 0.15) is 5.60 Å². The predicted octanol–water partition coefficient (Wildman–Crippen LogP) is 3.00. The summed E-state index contributed by atoms with van der Waals surface area (Å²) in [5.41, 5.74) is 1.10. The second-order valence-electron chi connectivity index (χ2n) is 7.58. The number of pyridine rings is 1. The number of nitrogens with zero attached hydrogens (tertiary/aromatic N) is 2. The van der Waals surface area contributed by atoms with Crippen LogP contribution in [0.25, 0.3) is 0 Å². The van der Waals surface area contributed by atoms with Crippen LogP contribution in [0.3, 0.4) is 0 Å². The second kappa shape index (κ2) is 6.63. The number of rotatable bonds is 2. The normalized spacial score (nSPS) is 21.1. The van der Waals surface area contributed by atoms with E-state index >= 15 is 0 Å². The van der Waals surface area contributed by atoms with Crippen LogP contribution >= 0.6 is 0 Å². The van der Waals surface area contributed by atoms with Gasteiger partial charge in [0.2, 0.25) is 0 Å². The molecule has 0 saturated carbocycles. The first kappa shape index (κ1) is 17.7. The molecule has 1 aromatic heterocycles. The van der Waals surface area contributed by atoms with Crippen molar-refractivity contribution in [3.63, 3.8) is 0 Å². The van der Waals surface area contributed by atoms with Crippen molar-refractivity contribution in [3.8, 4) is 0 Å². The highest BCUT2D eigenvalue weighted by Crippen LogP contribution is 2.42. The smallest absolute Gasteiger partial charge is 0.411 e. The van der Waals surface area contributed by atoms with Crippen LogP contribution in [0.15, 0.2) is 12.3 Å². The van der Waals surface area contributed by atoms with Gasteiger partial charge in [-0.1, -0.05) is 0 Å². The zero-order chi connectivity index (χ0) is 18.2. The molecule has 3 rings (SSSR count). The molecule has 1 N–H and O–H groups in total. The Morgan fingerprint density at radius 1 is 1.32 bits per heavy atom. The molecule has 1 fully saturated rings. The summed E-state index contributed by atoms with van der Waals surface area (Å²) in [7, 11) is 0. The molecule has 2 aliphatic rings. The number of hydrogen-bond donors (Lipinski definition) is 1. The Labute approximate surface area is 146 Å². The Kier molecular flexibility index (Phi) is 4.69. The van der Waals surface area contributed by atoms with Gasteiger partial charge in [0.05, 0.1) is 23.8 Å². The van der Waals surface area contributed by atoms with E-state index in [4.69, 9.17) is 9.47 Å². The van der Waals surface area contributed by atoms with Crippen molar-refractivity contribution in [1.29, 1.82) is 0 Å². The number of amides is 1. The highest BCUT2D eigenvalue weighted by molar-refractivity contribution is 5.87. The Balaban J connectivity index is 1.93. The van der Waals surface area contributed by atoms with E-state index in [9.17, 15) is 14.7 Å².